The van der Waals surface area contributed by atoms with Gasteiger partial charge in [0.15, 0.2) is 0 Å². The van der Waals surface area contributed by atoms with Gasteiger partial charge >= 0.3 is 0 Å². The Hall–Kier alpha value is -4.76. The number of aromatic amines is 2. The van der Waals surface area contributed by atoms with E-state index in [1.165, 1.54) is 17.4 Å². The zero-order chi connectivity index (χ0) is 29.0. The lowest BCUT2D eigenvalue weighted by molar-refractivity contribution is -0.123. The maximum atomic E-state index is 14.1. The molecule has 0 saturated carbocycles. The van der Waals surface area contributed by atoms with Crippen molar-refractivity contribution in [1.29, 1.82) is 0 Å². The van der Waals surface area contributed by atoms with Gasteiger partial charge in [-0.15, -0.1) is 0 Å². The molecular weight excluding hydrogens is 516 g/mol. The fourth-order valence-corrected chi connectivity index (χ4v) is 4.97. The molecule has 210 valence electrons. The second-order valence-electron chi connectivity index (χ2n) is 11.1. The zero-order valence-corrected chi connectivity index (χ0v) is 23.3. The molecule has 5 aromatic rings. The van der Waals surface area contributed by atoms with Crippen molar-refractivity contribution in [2.24, 2.45) is 0 Å². The van der Waals surface area contributed by atoms with Gasteiger partial charge in [0, 0.05) is 40.7 Å². The van der Waals surface area contributed by atoms with Crippen molar-refractivity contribution in [2.45, 2.75) is 44.7 Å². The van der Waals surface area contributed by atoms with Crippen LogP contribution in [0.4, 0.5) is 5.69 Å². The summed E-state index contributed by atoms with van der Waals surface area (Å²) >= 11 is 0. The number of H-pyrrole nitrogens is 2. The molecule has 41 heavy (non-hydrogen) atoms. The highest BCUT2D eigenvalue weighted by Gasteiger charge is 2.35. The van der Waals surface area contributed by atoms with Crippen LogP contribution in [-0.4, -0.2) is 49.5 Å². The minimum absolute atomic E-state index is 0.0897. The van der Waals surface area contributed by atoms with Crippen molar-refractivity contribution >= 4 is 28.4 Å². The fraction of sp³-hybridized carbons (Fsp3) is 0.250. The van der Waals surface area contributed by atoms with E-state index in [4.69, 9.17) is 0 Å². The summed E-state index contributed by atoms with van der Waals surface area (Å²) in [6.07, 6.45) is 8.35. The Labute approximate surface area is 238 Å². The summed E-state index contributed by atoms with van der Waals surface area (Å²) in [7, 11) is 0. The third-order valence-corrected chi connectivity index (χ3v) is 7.17. The lowest BCUT2D eigenvalue weighted by Gasteiger charge is -2.32. The number of aromatic nitrogens is 4. The van der Waals surface area contributed by atoms with Crippen molar-refractivity contribution in [3.05, 3.63) is 114 Å². The summed E-state index contributed by atoms with van der Waals surface area (Å²) in [5.41, 5.74) is 4.27. The Bertz CT molecular complexity index is 1610. The lowest BCUT2D eigenvalue weighted by Crippen LogP contribution is -2.48. The lowest BCUT2D eigenvalue weighted by atomic mass is 9.87. The van der Waals surface area contributed by atoms with Crippen LogP contribution in [0.5, 0.6) is 0 Å². The van der Waals surface area contributed by atoms with Crippen LogP contribution in [0.3, 0.4) is 0 Å². The number of nitrogens with zero attached hydrogens (tertiary/aromatic N) is 3. The van der Waals surface area contributed by atoms with Gasteiger partial charge in [-0.25, -0.2) is 4.98 Å². The number of aliphatic hydroxyl groups is 1. The molecule has 1 unspecified atom stereocenters. The largest absolute Gasteiger partial charge is 0.394 e. The number of nitrogens with one attached hydrogen (secondary N) is 3. The van der Waals surface area contributed by atoms with E-state index < -0.39 is 23.9 Å². The summed E-state index contributed by atoms with van der Waals surface area (Å²) in [6.45, 7) is 6.07. The molecule has 9 nitrogen and oxygen atoms in total. The highest BCUT2D eigenvalue weighted by atomic mass is 16.3. The van der Waals surface area contributed by atoms with Crippen LogP contribution in [0, 0.1) is 0 Å². The second kappa shape index (κ2) is 11.8. The van der Waals surface area contributed by atoms with Gasteiger partial charge < -0.3 is 20.4 Å². The maximum absolute atomic E-state index is 14.1. The van der Waals surface area contributed by atoms with Gasteiger partial charge in [0.05, 0.1) is 25.2 Å². The molecular formula is C32H34N6O3. The van der Waals surface area contributed by atoms with Crippen molar-refractivity contribution in [3.8, 4) is 0 Å². The Morgan fingerprint density at radius 2 is 1.76 bits per heavy atom. The highest BCUT2D eigenvalue weighted by Crippen LogP contribution is 2.32. The molecule has 0 fully saturated rings. The van der Waals surface area contributed by atoms with Crippen LogP contribution >= 0.6 is 0 Å². The SMILES string of the molecule is CC(C)(C)c1ccc(N(C(=O)c2cnc[nH]2)C(C(=O)N[C@@H](CO)Cc2c[nH]c3ccccc23)c2cccnc2)cc1. The van der Waals surface area contributed by atoms with E-state index in [0.717, 1.165) is 22.0 Å². The number of fused-ring (bicyclic) bond motifs is 1. The van der Waals surface area contributed by atoms with E-state index in [2.05, 4.69) is 46.0 Å². The monoisotopic (exact) mass is 550 g/mol. The van der Waals surface area contributed by atoms with E-state index in [9.17, 15) is 14.7 Å². The average Bonchev–Trinajstić information content (AvgIpc) is 3.66. The van der Waals surface area contributed by atoms with Gasteiger partial charge in [-0.2, -0.15) is 0 Å². The van der Waals surface area contributed by atoms with Gasteiger partial charge in [-0.05, 0) is 47.2 Å². The molecule has 0 aliphatic carbocycles. The van der Waals surface area contributed by atoms with Crippen molar-refractivity contribution in [2.75, 3.05) is 11.5 Å². The zero-order valence-electron chi connectivity index (χ0n) is 23.3. The van der Waals surface area contributed by atoms with Gasteiger partial charge in [0.25, 0.3) is 5.91 Å². The van der Waals surface area contributed by atoms with Crippen LogP contribution in [-0.2, 0) is 16.6 Å². The number of aliphatic hydroxyl groups excluding tert-OH is 1. The Morgan fingerprint density at radius 3 is 2.41 bits per heavy atom. The Morgan fingerprint density at radius 1 is 0.976 bits per heavy atom. The number of carbonyl (C=O) groups excluding carboxylic acids is 2. The van der Waals surface area contributed by atoms with Crippen molar-refractivity contribution in [1.82, 2.24) is 25.3 Å². The molecule has 5 rings (SSSR count). The van der Waals surface area contributed by atoms with E-state index in [1.54, 1.807) is 24.5 Å². The Kier molecular flexibility index (Phi) is 7.98. The summed E-state index contributed by atoms with van der Waals surface area (Å²) in [5, 5.41) is 14.3. The van der Waals surface area contributed by atoms with Crippen molar-refractivity contribution in [3.63, 3.8) is 0 Å². The first-order valence-corrected chi connectivity index (χ1v) is 13.5. The summed E-state index contributed by atoms with van der Waals surface area (Å²) in [4.78, 5) is 43.9. The first kappa shape index (κ1) is 27.8. The summed E-state index contributed by atoms with van der Waals surface area (Å²) in [6, 6.07) is 17.3. The number of carbonyl (C=O) groups is 2. The average molecular weight is 551 g/mol. The van der Waals surface area contributed by atoms with Crippen molar-refractivity contribution < 1.29 is 14.7 Å². The number of amides is 2. The van der Waals surface area contributed by atoms with E-state index in [-0.39, 0.29) is 17.7 Å². The minimum Gasteiger partial charge on any atom is -0.394 e. The second-order valence-corrected chi connectivity index (χ2v) is 11.1. The number of pyridine rings is 1. The molecule has 0 aliphatic rings. The van der Waals surface area contributed by atoms with Gasteiger partial charge in [-0.3, -0.25) is 19.5 Å². The molecule has 0 radical (unpaired) electrons. The standard InChI is InChI=1S/C32H34N6O3/c1-32(2,3)23-10-12-25(13-11-23)38(31(41)28-18-34-20-36-28)29(21-7-6-14-33-16-21)30(40)37-24(19-39)15-22-17-35-27-9-5-4-8-26(22)27/h4-14,16-18,20,24,29,35,39H,15,19H2,1-3H3,(H,34,36)(H,37,40)/t24-,29?/m1/s1. The predicted molar refractivity (Wildman–Crippen MR) is 159 cm³/mol. The van der Waals surface area contributed by atoms with E-state index in [1.807, 2.05) is 54.7 Å². The smallest absolute Gasteiger partial charge is 0.277 e. The molecule has 9 heteroatoms. The number of anilines is 1. The predicted octanol–water partition coefficient (Wildman–Crippen LogP) is 4.69. The molecule has 0 bridgehead atoms. The number of imidazole rings is 1. The molecule has 2 aromatic carbocycles. The van der Waals surface area contributed by atoms with Gasteiger partial charge in [-0.1, -0.05) is 57.2 Å². The minimum atomic E-state index is -1.07. The van der Waals surface area contributed by atoms with Gasteiger partial charge in [0.2, 0.25) is 5.91 Å². The topological polar surface area (TPSA) is 127 Å². The van der Waals surface area contributed by atoms with E-state index >= 15 is 0 Å². The fourth-order valence-electron chi connectivity index (χ4n) is 4.97. The van der Waals surface area contributed by atoms with E-state index in [0.29, 0.717) is 17.7 Å². The third-order valence-electron chi connectivity index (χ3n) is 7.17. The third kappa shape index (κ3) is 6.05. The molecule has 2 atom stereocenters. The van der Waals surface area contributed by atoms with Crippen LogP contribution in [0.15, 0.2) is 91.8 Å². The first-order valence-electron chi connectivity index (χ1n) is 13.5. The summed E-state index contributed by atoms with van der Waals surface area (Å²) < 4.78 is 0. The molecule has 0 aliphatic heterocycles. The molecule has 3 aromatic heterocycles. The summed E-state index contributed by atoms with van der Waals surface area (Å²) in [5.74, 6) is -0.864. The molecule has 4 N–H and O–H groups in total. The van der Waals surface area contributed by atoms with Gasteiger partial charge in [0.1, 0.15) is 11.7 Å². The highest BCUT2D eigenvalue weighted by molar-refractivity contribution is 6.09. The Balaban J connectivity index is 1.52. The maximum Gasteiger partial charge on any atom is 0.277 e. The number of para-hydroxylation sites is 1. The quantitative estimate of drug-likeness (QED) is 0.212. The molecule has 2 amide bonds. The number of hydrogen-bond acceptors (Lipinski definition) is 5. The van der Waals surface area contributed by atoms with Crippen LogP contribution < -0.4 is 10.2 Å². The normalized spacial score (nSPS) is 13.1. The van der Waals surface area contributed by atoms with Crippen LogP contribution in [0.25, 0.3) is 10.9 Å². The molecule has 3 heterocycles. The first-order chi connectivity index (χ1) is 19.8. The number of rotatable bonds is 9. The number of hydrogen-bond donors (Lipinski definition) is 4. The molecule has 0 saturated heterocycles. The molecule has 0 spiro atoms. The van der Waals surface area contributed by atoms with Crippen LogP contribution in [0.2, 0.25) is 0 Å². The van der Waals surface area contributed by atoms with Crippen LogP contribution in [0.1, 0.15) is 54.0 Å². The number of benzene rings is 2.